The molecule has 126 valence electrons. The van der Waals surface area contributed by atoms with E-state index in [4.69, 9.17) is 0 Å². The summed E-state index contributed by atoms with van der Waals surface area (Å²) in [5.41, 5.74) is 3.88. The number of anilines is 3. The topological polar surface area (TPSA) is 41.1 Å². The van der Waals surface area contributed by atoms with Crippen molar-refractivity contribution in [3.05, 3.63) is 77.6 Å². The lowest BCUT2D eigenvalue weighted by molar-refractivity contribution is 0.863. The molecule has 2 aromatic carbocycles. The molecule has 1 atom stereocenters. The van der Waals surface area contributed by atoms with Gasteiger partial charge >= 0.3 is 0 Å². The largest absolute Gasteiger partial charge is 0.363 e. The third-order valence-electron chi connectivity index (χ3n) is 4.65. The number of nitrogens with one attached hydrogen (secondary N) is 1. The van der Waals surface area contributed by atoms with Crippen LogP contribution in [0.2, 0.25) is 0 Å². The third-order valence-corrected chi connectivity index (χ3v) is 4.65. The van der Waals surface area contributed by atoms with Gasteiger partial charge < -0.3 is 10.2 Å². The summed E-state index contributed by atoms with van der Waals surface area (Å²) in [5, 5.41) is 3.51. The second-order valence-electron chi connectivity index (χ2n) is 6.47. The monoisotopic (exact) mass is 330 g/mol. The normalized spacial score (nSPS) is 14.2. The molecule has 2 heterocycles. The standard InChI is InChI=1S/C21H22N4/c1-15(17-8-4-3-5-9-17)22-20-14-21(24-16(2)23-20)25-13-12-18-10-6-7-11-19(18)25/h3-11,14-15H,12-13H2,1-2H3,(H,22,23,24). The predicted molar refractivity (Wildman–Crippen MR) is 102 cm³/mol. The minimum atomic E-state index is 0.189. The summed E-state index contributed by atoms with van der Waals surface area (Å²) in [6.45, 7) is 5.06. The Hall–Kier alpha value is -2.88. The van der Waals surface area contributed by atoms with Gasteiger partial charge in [0.2, 0.25) is 0 Å². The van der Waals surface area contributed by atoms with Crippen LogP contribution >= 0.6 is 0 Å². The fourth-order valence-corrected chi connectivity index (χ4v) is 3.39. The van der Waals surface area contributed by atoms with Gasteiger partial charge in [0, 0.05) is 24.3 Å². The zero-order valence-corrected chi connectivity index (χ0v) is 14.6. The maximum absolute atomic E-state index is 4.67. The average molecular weight is 330 g/mol. The van der Waals surface area contributed by atoms with Crippen molar-refractivity contribution in [2.24, 2.45) is 0 Å². The summed E-state index contributed by atoms with van der Waals surface area (Å²) in [6, 6.07) is 21.2. The fraction of sp³-hybridized carbons (Fsp3) is 0.238. The van der Waals surface area contributed by atoms with Crippen molar-refractivity contribution >= 4 is 17.3 Å². The van der Waals surface area contributed by atoms with E-state index < -0.39 is 0 Å². The predicted octanol–water partition coefficient (Wildman–Crippen LogP) is 4.65. The van der Waals surface area contributed by atoms with Gasteiger partial charge in [-0.2, -0.15) is 0 Å². The number of aromatic nitrogens is 2. The van der Waals surface area contributed by atoms with Gasteiger partial charge in [0.1, 0.15) is 17.5 Å². The Morgan fingerprint density at radius 3 is 2.60 bits per heavy atom. The molecule has 4 rings (SSSR count). The quantitative estimate of drug-likeness (QED) is 0.756. The molecule has 0 saturated carbocycles. The number of nitrogens with zero attached hydrogens (tertiary/aromatic N) is 3. The molecule has 0 amide bonds. The summed E-state index contributed by atoms with van der Waals surface area (Å²) < 4.78 is 0. The number of rotatable bonds is 4. The third kappa shape index (κ3) is 3.20. The molecule has 1 aliphatic heterocycles. The molecule has 0 spiro atoms. The van der Waals surface area contributed by atoms with Gasteiger partial charge in [0.25, 0.3) is 0 Å². The van der Waals surface area contributed by atoms with Crippen LogP contribution in [-0.2, 0) is 6.42 Å². The average Bonchev–Trinajstić information content (AvgIpc) is 3.06. The Morgan fingerprint density at radius 1 is 1.00 bits per heavy atom. The molecule has 3 aromatic rings. The Balaban J connectivity index is 1.62. The summed E-state index contributed by atoms with van der Waals surface area (Å²) >= 11 is 0. The highest BCUT2D eigenvalue weighted by Crippen LogP contribution is 2.34. The van der Waals surface area contributed by atoms with Gasteiger partial charge in [0.15, 0.2) is 0 Å². The summed E-state index contributed by atoms with van der Waals surface area (Å²) in [6.07, 6.45) is 1.06. The van der Waals surface area contributed by atoms with Crippen molar-refractivity contribution < 1.29 is 0 Å². The molecule has 1 aromatic heterocycles. The molecule has 4 nitrogen and oxygen atoms in total. The Bertz CT molecular complexity index is 876. The molecule has 0 radical (unpaired) electrons. The zero-order valence-electron chi connectivity index (χ0n) is 14.6. The number of fused-ring (bicyclic) bond motifs is 1. The number of para-hydroxylation sites is 1. The van der Waals surface area contributed by atoms with Gasteiger partial charge in [-0.1, -0.05) is 48.5 Å². The van der Waals surface area contributed by atoms with E-state index in [9.17, 15) is 0 Å². The van der Waals surface area contributed by atoms with Crippen molar-refractivity contribution in [3.63, 3.8) is 0 Å². The van der Waals surface area contributed by atoms with Crippen LogP contribution in [0.15, 0.2) is 60.7 Å². The molecular formula is C21H22N4. The molecule has 1 N–H and O–H groups in total. The highest BCUT2D eigenvalue weighted by Gasteiger charge is 2.21. The second kappa shape index (κ2) is 6.55. The van der Waals surface area contributed by atoms with Gasteiger partial charge in [0.05, 0.1) is 0 Å². The Morgan fingerprint density at radius 2 is 1.76 bits per heavy atom. The number of hydrogen-bond donors (Lipinski definition) is 1. The zero-order chi connectivity index (χ0) is 17.2. The van der Waals surface area contributed by atoms with Gasteiger partial charge in [-0.3, -0.25) is 0 Å². The van der Waals surface area contributed by atoms with Crippen molar-refractivity contribution in [2.75, 3.05) is 16.8 Å². The fourth-order valence-electron chi connectivity index (χ4n) is 3.39. The van der Waals surface area contributed by atoms with Crippen LogP contribution in [-0.4, -0.2) is 16.5 Å². The number of benzene rings is 2. The van der Waals surface area contributed by atoms with Crippen molar-refractivity contribution in [1.82, 2.24) is 9.97 Å². The Kier molecular flexibility index (Phi) is 4.10. The molecule has 4 heteroatoms. The van der Waals surface area contributed by atoms with Crippen LogP contribution in [0, 0.1) is 6.92 Å². The summed E-state index contributed by atoms with van der Waals surface area (Å²) in [5.74, 6) is 2.60. The van der Waals surface area contributed by atoms with E-state index in [2.05, 4.69) is 81.7 Å². The maximum atomic E-state index is 4.67. The lowest BCUT2D eigenvalue weighted by atomic mass is 10.1. The Labute approximate surface area is 148 Å². The molecule has 25 heavy (non-hydrogen) atoms. The van der Waals surface area contributed by atoms with E-state index >= 15 is 0 Å². The van der Waals surface area contributed by atoms with Crippen molar-refractivity contribution in [3.8, 4) is 0 Å². The van der Waals surface area contributed by atoms with E-state index in [0.717, 1.165) is 30.4 Å². The molecule has 0 bridgehead atoms. The molecule has 0 fully saturated rings. The highest BCUT2D eigenvalue weighted by molar-refractivity contribution is 5.69. The van der Waals surface area contributed by atoms with Crippen LogP contribution in [0.1, 0.15) is 29.9 Å². The molecule has 1 unspecified atom stereocenters. The minimum absolute atomic E-state index is 0.189. The van der Waals surface area contributed by atoms with Crippen molar-refractivity contribution in [2.45, 2.75) is 26.3 Å². The van der Waals surface area contributed by atoms with E-state index in [-0.39, 0.29) is 6.04 Å². The van der Waals surface area contributed by atoms with Crippen LogP contribution in [0.3, 0.4) is 0 Å². The highest BCUT2D eigenvalue weighted by atomic mass is 15.2. The molecule has 1 aliphatic rings. The first kappa shape index (κ1) is 15.6. The summed E-state index contributed by atoms with van der Waals surface area (Å²) in [4.78, 5) is 11.5. The van der Waals surface area contributed by atoms with Crippen molar-refractivity contribution in [1.29, 1.82) is 0 Å². The molecule has 0 aliphatic carbocycles. The molecule has 0 saturated heterocycles. The first-order valence-electron chi connectivity index (χ1n) is 8.73. The van der Waals surface area contributed by atoms with Crippen LogP contribution in [0.4, 0.5) is 17.3 Å². The molecular weight excluding hydrogens is 308 g/mol. The van der Waals surface area contributed by atoms with Gasteiger partial charge in [-0.25, -0.2) is 9.97 Å². The SMILES string of the molecule is Cc1nc(NC(C)c2ccccc2)cc(N2CCc3ccccc32)n1. The van der Waals surface area contributed by atoms with Crippen LogP contribution in [0.5, 0.6) is 0 Å². The smallest absolute Gasteiger partial charge is 0.138 e. The number of hydrogen-bond acceptors (Lipinski definition) is 4. The summed E-state index contributed by atoms with van der Waals surface area (Å²) in [7, 11) is 0. The lowest BCUT2D eigenvalue weighted by Crippen LogP contribution is -2.17. The van der Waals surface area contributed by atoms with Gasteiger partial charge in [-0.05, 0) is 37.5 Å². The second-order valence-corrected chi connectivity index (χ2v) is 6.47. The van der Waals surface area contributed by atoms with Crippen LogP contribution < -0.4 is 10.2 Å². The first-order valence-corrected chi connectivity index (χ1v) is 8.73. The van der Waals surface area contributed by atoms with E-state index in [1.54, 1.807) is 0 Å². The maximum Gasteiger partial charge on any atom is 0.138 e. The minimum Gasteiger partial charge on any atom is -0.363 e. The lowest BCUT2D eigenvalue weighted by Gasteiger charge is -2.21. The van der Waals surface area contributed by atoms with E-state index in [1.807, 2.05) is 13.0 Å². The first-order chi connectivity index (χ1) is 12.2. The number of aryl methyl sites for hydroxylation is 1. The van der Waals surface area contributed by atoms with E-state index in [0.29, 0.717) is 0 Å². The van der Waals surface area contributed by atoms with E-state index in [1.165, 1.54) is 16.8 Å². The van der Waals surface area contributed by atoms with Crippen LogP contribution in [0.25, 0.3) is 0 Å². The van der Waals surface area contributed by atoms with Gasteiger partial charge in [-0.15, -0.1) is 0 Å².